The van der Waals surface area contributed by atoms with Gasteiger partial charge in [0, 0.05) is 10.6 Å². The molecular formula is C18H15ClN2O3S. The summed E-state index contributed by atoms with van der Waals surface area (Å²) in [4.78, 5) is 29.0. The van der Waals surface area contributed by atoms with Crippen molar-refractivity contribution >= 4 is 45.0 Å². The smallest absolute Gasteiger partial charge is 0.326 e. The van der Waals surface area contributed by atoms with Gasteiger partial charge in [-0.15, -0.1) is 0 Å². The number of para-hydroxylation sites is 1. The third kappa shape index (κ3) is 3.97. The second kappa shape index (κ2) is 7.63. The van der Waals surface area contributed by atoms with Crippen molar-refractivity contribution in [2.24, 2.45) is 4.99 Å². The van der Waals surface area contributed by atoms with Gasteiger partial charge in [0.05, 0.1) is 16.8 Å². The highest BCUT2D eigenvalue weighted by Gasteiger charge is 2.12. The van der Waals surface area contributed by atoms with Crippen molar-refractivity contribution in [3.05, 3.63) is 63.9 Å². The number of hydrogen-bond acceptors (Lipinski definition) is 4. The van der Waals surface area contributed by atoms with E-state index in [0.717, 1.165) is 10.2 Å². The first-order valence-electron chi connectivity index (χ1n) is 7.67. The number of hydrogen-bond donors (Lipinski definition) is 0. The van der Waals surface area contributed by atoms with Crippen LogP contribution in [0.5, 0.6) is 0 Å². The number of benzene rings is 2. The molecule has 2 aromatic carbocycles. The molecule has 128 valence electrons. The molecule has 0 N–H and O–H groups in total. The summed E-state index contributed by atoms with van der Waals surface area (Å²) in [5, 5.41) is 0.469. The van der Waals surface area contributed by atoms with Crippen molar-refractivity contribution in [1.82, 2.24) is 4.57 Å². The minimum absolute atomic E-state index is 0.000484. The van der Waals surface area contributed by atoms with Crippen molar-refractivity contribution in [1.29, 1.82) is 0 Å². The third-order valence-corrected chi connectivity index (χ3v) is 4.74. The van der Waals surface area contributed by atoms with Crippen molar-refractivity contribution in [3.8, 4) is 0 Å². The highest BCUT2D eigenvalue weighted by atomic mass is 35.5. The van der Waals surface area contributed by atoms with E-state index in [9.17, 15) is 9.59 Å². The average molecular weight is 375 g/mol. The van der Waals surface area contributed by atoms with E-state index in [1.807, 2.05) is 24.3 Å². The number of carbonyl (C=O) groups is 2. The Morgan fingerprint density at radius 3 is 2.76 bits per heavy atom. The zero-order valence-corrected chi connectivity index (χ0v) is 15.0. The SMILES string of the molecule is CCOC(=O)Cn1c(=NC(=O)c2cccc(Cl)c2)sc2ccccc21. The molecule has 0 bridgehead atoms. The van der Waals surface area contributed by atoms with E-state index in [4.69, 9.17) is 16.3 Å². The van der Waals surface area contributed by atoms with Crippen LogP contribution in [0.3, 0.4) is 0 Å². The average Bonchev–Trinajstić information content (AvgIpc) is 2.92. The third-order valence-electron chi connectivity index (χ3n) is 3.45. The van der Waals surface area contributed by atoms with Crippen LogP contribution < -0.4 is 4.80 Å². The van der Waals surface area contributed by atoms with Crippen LogP contribution in [0.2, 0.25) is 5.02 Å². The van der Waals surface area contributed by atoms with E-state index in [1.54, 1.807) is 35.8 Å². The largest absolute Gasteiger partial charge is 0.465 e. The number of nitrogens with zero attached hydrogens (tertiary/aromatic N) is 2. The summed E-state index contributed by atoms with van der Waals surface area (Å²) in [6.07, 6.45) is 0. The van der Waals surface area contributed by atoms with Crippen LogP contribution in [0.15, 0.2) is 53.5 Å². The first kappa shape index (κ1) is 17.4. The molecule has 0 fully saturated rings. The Morgan fingerprint density at radius 2 is 2.00 bits per heavy atom. The van der Waals surface area contributed by atoms with Crippen molar-refractivity contribution < 1.29 is 14.3 Å². The van der Waals surface area contributed by atoms with Gasteiger partial charge in [-0.2, -0.15) is 4.99 Å². The van der Waals surface area contributed by atoms with E-state index >= 15 is 0 Å². The molecule has 0 radical (unpaired) electrons. The summed E-state index contributed by atoms with van der Waals surface area (Å²) in [6, 6.07) is 14.2. The van der Waals surface area contributed by atoms with E-state index in [-0.39, 0.29) is 12.5 Å². The lowest BCUT2D eigenvalue weighted by Crippen LogP contribution is -2.23. The second-order valence-electron chi connectivity index (χ2n) is 5.17. The van der Waals surface area contributed by atoms with Crippen LogP contribution in [-0.4, -0.2) is 23.1 Å². The molecule has 3 aromatic rings. The van der Waals surface area contributed by atoms with Gasteiger partial charge in [0.15, 0.2) is 4.80 Å². The second-order valence-corrected chi connectivity index (χ2v) is 6.62. The number of amides is 1. The van der Waals surface area contributed by atoms with E-state index < -0.39 is 5.91 Å². The quantitative estimate of drug-likeness (QED) is 0.655. The van der Waals surface area contributed by atoms with Gasteiger partial charge in [-0.05, 0) is 37.3 Å². The summed E-state index contributed by atoms with van der Waals surface area (Å²) >= 11 is 7.28. The zero-order valence-electron chi connectivity index (χ0n) is 13.4. The Hall–Kier alpha value is -2.44. The number of carbonyl (C=O) groups excluding carboxylic acids is 2. The molecule has 5 nitrogen and oxygen atoms in total. The maximum absolute atomic E-state index is 12.5. The van der Waals surface area contributed by atoms with Gasteiger partial charge >= 0.3 is 5.97 Å². The molecule has 0 aliphatic rings. The van der Waals surface area contributed by atoms with Crippen LogP contribution in [0.25, 0.3) is 10.2 Å². The molecule has 3 rings (SSSR count). The summed E-state index contributed by atoms with van der Waals surface area (Å²) < 4.78 is 7.65. The Bertz CT molecular complexity index is 1010. The molecule has 0 spiro atoms. The fraction of sp³-hybridized carbons (Fsp3) is 0.167. The highest BCUT2D eigenvalue weighted by Crippen LogP contribution is 2.17. The number of thiazole rings is 1. The highest BCUT2D eigenvalue weighted by molar-refractivity contribution is 7.16. The number of rotatable bonds is 4. The minimum Gasteiger partial charge on any atom is -0.465 e. The fourth-order valence-corrected chi connectivity index (χ4v) is 3.59. The van der Waals surface area contributed by atoms with Crippen molar-refractivity contribution in [2.75, 3.05) is 6.61 Å². The molecule has 7 heteroatoms. The molecule has 0 aliphatic carbocycles. The Kier molecular flexibility index (Phi) is 5.31. The van der Waals surface area contributed by atoms with Crippen LogP contribution in [-0.2, 0) is 16.1 Å². The summed E-state index contributed by atoms with van der Waals surface area (Å²) in [6.45, 7) is 2.05. The standard InChI is InChI=1S/C18H15ClN2O3S/c1-2-24-16(22)11-21-14-8-3-4-9-15(14)25-18(21)20-17(23)12-6-5-7-13(19)10-12/h3-10H,2,11H2,1H3. The maximum atomic E-state index is 12.5. The number of ether oxygens (including phenoxy) is 1. The minimum atomic E-state index is -0.410. The molecule has 0 aliphatic heterocycles. The van der Waals surface area contributed by atoms with E-state index in [2.05, 4.69) is 4.99 Å². The zero-order chi connectivity index (χ0) is 17.8. The first-order valence-corrected chi connectivity index (χ1v) is 8.86. The molecule has 0 unspecified atom stereocenters. The molecule has 1 amide bonds. The van der Waals surface area contributed by atoms with Crippen molar-refractivity contribution in [2.45, 2.75) is 13.5 Å². The van der Waals surface area contributed by atoms with Crippen molar-refractivity contribution in [3.63, 3.8) is 0 Å². The van der Waals surface area contributed by atoms with Gasteiger partial charge in [-0.1, -0.05) is 41.1 Å². The molecule has 1 aromatic heterocycles. The Morgan fingerprint density at radius 1 is 1.20 bits per heavy atom. The van der Waals surface area contributed by atoms with Gasteiger partial charge in [0.1, 0.15) is 6.54 Å². The summed E-state index contributed by atoms with van der Waals surface area (Å²) in [7, 11) is 0. The monoisotopic (exact) mass is 374 g/mol. The maximum Gasteiger partial charge on any atom is 0.326 e. The topological polar surface area (TPSA) is 60.7 Å². The molecule has 0 atom stereocenters. The number of aromatic nitrogens is 1. The van der Waals surface area contributed by atoms with E-state index in [1.165, 1.54) is 11.3 Å². The Labute approximate surface area is 153 Å². The molecular weight excluding hydrogens is 360 g/mol. The van der Waals surface area contributed by atoms with Crippen LogP contribution in [0, 0.1) is 0 Å². The molecule has 1 heterocycles. The lowest BCUT2D eigenvalue weighted by molar-refractivity contribution is -0.143. The number of fused-ring (bicyclic) bond motifs is 1. The molecule has 25 heavy (non-hydrogen) atoms. The summed E-state index contributed by atoms with van der Waals surface area (Å²) in [5.74, 6) is -0.783. The van der Waals surface area contributed by atoms with Gasteiger partial charge < -0.3 is 9.30 Å². The predicted molar refractivity (Wildman–Crippen MR) is 97.8 cm³/mol. The fourth-order valence-electron chi connectivity index (χ4n) is 2.37. The predicted octanol–water partition coefficient (Wildman–Crippen LogP) is 3.66. The number of halogens is 1. The first-order chi connectivity index (χ1) is 12.1. The number of esters is 1. The lowest BCUT2D eigenvalue weighted by Gasteiger charge is -2.05. The van der Waals surface area contributed by atoms with E-state index in [0.29, 0.717) is 22.0 Å². The van der Waals surface area contributed by atoms with Gasteiger partial charge in [0.25, 0.3) is 5.91 Å². The van der Waals surface area contributed by atoms with Crippen LogP contribution in [0.1, 0.15) is 17.3 Å². The Balaban J connectivity index is 2.08. The molecule has 0 saturated heterocycles. The lowest BCUT2D eigenvalue weighted by atomic mass is 10.2. The molecule has 0 saturated carbocycles. The van der Waals surface area contributed by atoms with Crippen LogP contribution in [0.4, 0.5) is 0 Å². The van der Waals surface area contributed by atoms with Crippen LogP contribution >= 0.6 is 22.9 Å². The van der Waals surface area contributed by atoms with Gasteiger partial charge in [0.2, 0.25) is 0 Å². The summed E-state index contributed by atoms with van der Waals surface area (Å²) in [5.41, 5.74) is 1.23. The van der Waals surface area contributed by atoms with Gasteiger partial charge in [-0.3, -0.25) is 9.59 Å². The normalized spacial score (nSPS) is 11.7. The van der Waals surface area contributed by atoms with Gasteiger partial charge in [-0.25, -0.2) is 0 Å².